The highest BCUT2D eigenvalue weighted by atomic mass is 35.5. The molecule has 0 spiro atoms. The van der Waals surface area contributed by atoms with E-state index in [2.05, 4.69) is 0 Å². The van der Waals surface area contributed by atoms with Crippen LogP contribution in [-0.2, 0) is 16.0 Å². The van der Waals surface area contributed by atoms with Crippen LogP contribution in [0.25, 0.3) is 0 Å². The number of carboxylic acids is 1. The zero-order valence-electron chi connectivity index (χ0n) is 11.7. The molecule has 1 heterocycles. The lowest BCUT2D eigenvalue weighted by Gasteiger charge is -2.23. The number of rotatable bonds is 4. The molecule has 0 aromatic heterocycles. The highest BCUT2D eigenvalue weighted by molar-refractivity contribution is 6.36. The first-order valence-electron chi connectivity index (χ1n) is 6.83. The Bertz CT molecular complexity index is 556. The van der Waals surface area contributed by atoms with Gasteiger partial charge in [-0.3, -0.25) is 9.59 Å². The number of nitrogens with zero attached hydrogens (tertiary/aromatic N) is 1. The third kappa shape index (κ3) is 3.16. The topological polar surface area (TPSA) is 57.6 Å². The van der Waals surface area contributed by atoms with E-state index in [1.54, 1.807) is 23.1 Å². The minimum atomic E-state index is -0.837. The summed E-state index contributed by atoms with van der Waals surface area (Å²) >= 11 is 12.1. The van der Waals surface area contributed by atoms with Crippen molar-refractivity contribution in [2.75, 3.05) is 13.1 Å². The normalized spacial score (nSPS) is 21.6. The number of carbonyl (C=O) groups is 2. The third-order valence-electron chi connectivity index (χ3n) is 4.23. The van der Waals surface area contributed by atoms with Crippen LogP contribution in [0.2, 0.25) is 10.0 Å². The molecule has 1 fully saturated rings. The number of carboxylic acid groups (broad SMARTS) is 1. The predicted octanol–water partition coefficient (Wildman–Crippen LogP) is 3.25. The number of aliphatic carboxylic acids is 1. The molecular formula is C15H17Cl2NO3. The van der Waals surface area contributed by atoms with E-state index in [0.29, 0.717) is 35.0 Å². The number of hydrogen-bond acceptors (Lipinski definition) is 2. The molecule has 1 aromatic rings. The van der Waals surface area contributed by atoms with Gasteiger partial charge in [0.1, 0.15) is 0 Å². The quantitative estimate of drug-likeness (QED) is 0.922. The molecule has 0 bridgehead atoms. The maximum Gasteiger partial charge on any atom is 0.311 e. The lowest BCUT2D eigenvalue weighted by molar-refractivity contribution is -0.148. The van der Waals surface area contributed by atoms with Gasteiger partial charge in [0.2, 0.25) is 5.91 Å². The van der Waals surface area contributed by atoms with Gasteiger partial charge in [-0.15, -0.1) is 0 Å². The molecule has 0 aliphatic carbocycles. The Kier molecular flexibility index (Phi) is 4.79. The number of benzene rings is 1. The van der Waals surface area contributed by atoms with Crippen molar-refractivity contribution >= 4 is 35.1 Å². The average Bonchev–Trinajstić information content (AvgIpc) is 2.89. The van der Waals surface area contributed by atoms with Gasteiger partial charge < -0.3 is 10.0 Å². The summed E-state index contributed by atoms with van der Waals surface area (Å²) in [6.45, 7) is 2.55. The van der Waals surface area contributed by atoms with E-state index in [-0.39, 0.29) is 18.9 Å². The molecule has 1 N–H and O–H groups in total. The zero-order valence-corrected chi connectivity index (χ0v) is 13.2. The monoisotopic (exact) mass is 329 g/mol. The summed E-state index contributed by atoms with van der Waals surface area (Å²) in [6, 6.07) is 5.10. The molecule has 21 heavy (non-hydrogen) atoms. The Balaban J connectivity index is 2.11. The Morgan fingerprint density at radius 2 is 1.95 bits per heavy atom. The standard InChI is InChI=1S/C15H17Cl2NO3/c1-2-15(14(20)21)6-7-18(9-15)13(19)8-10-11(16)4-3-5-12(10)17/h3-5H,2,6-9H2,1H3,(H,20,21). The van der Waals surface area contributed by atoms with Gasteiger partial charge in [0.25, 0.3) is 0 Å². The fourth-order valence-electron chi connectivity index (χ4n) is 2.66. The van der Waals surface area contributed by atoms with Gasteiger partial charge in [0.15, 0.2) is 0 Å². The smallest absolute Gasteiger partial charge is 0.311 e. The predicted molar refractivity (Wildman–Crippen MR) is 81.7 cm³/mol. The second kappa shape index (κ2) is 6.24. The van der Waals surface area contributed by atoms with Crippen molar-refractivity contribution in [2.24, 2.45) is 5.41 Å². The lowest BCUT2D eigenvalue weighted by Crippen LogP contribution is -2.37. The van der Waals surface area contributed by atoms with Gasteiger partial charge in [0.05, 0.1) is 11.8 Å². The second-order valence-electron chi connectivity index (χ2n) is 5.38. The summed E-state index contributed by atoms with van der Waals surface area (Å²) in [7, 11) is 0. The lowest BCUT2D eigenvalue weighted by atomic mass is 9.84. The van der Waals surface area contributed by atoms with Crippen LogP contribution in [0.5, 0.6) is 0 Å². The number of halogens is 2. The van der Waals surface area contributed by atoms with Gasteiger partial charge >= 0.3 is 5.97 Å². The van der Waals surface area contributed by atoms with Crippen LogP contribution < -0.4 is 0 Å². The van der Waals surface area contributed by atoms with Gasteiger partial charge in [-0.1, -0.05) is 36.2 Å². The molecule has 2 rings (SSSR count). The number of amides is 1. The van der Waals surface area contributed by atoms with Crippen LogP contribution in [0.15, 0.2) is 18.2 Å². The molecule has 114 valence electrons. The third-order valence-corrected chi connectivity index (χ3v) is 4.93. The maximum atomic E-state index is 12.4. The highest BCUT2D eigenvalue weighted by Gasteiger charge is 2.44. The van der Waals surface area contributed by atoms with Crippen LogP contribution in [-0.4, -0.2) is 35.0 Å². The maximum absolute atomic E-state index is 12.4. The van der Waals surface area contributed by atoms with Crippen molar-refractivity contribution in [3.05, 3.63) is 33.8 Å². The Labute approximate surface area is 133 Å². The molecule has 1 aliphatic heterocycles. The molecule has 0 radical (unpaired) electrons. The van der Waals surface area contributed by atoms with E-state index in [9.17, 15) is 14.7 Å². The molecular weight excluding hydrogens is 313 g/mol. The van der Waals surface area contributed by atoms with Crippen molar-refractivity contribution in [2.45, 2.75) is 26.2 Å². The summed E-state index contributed by atoms with van der Waals surface area (Å²) < 4.78 is 0. The SMILES string of the molecule is CCC1(C(=O)O)CCN(C(=O)Cc2c(Cl)cccc2Cl)C1. The van der Waals surface area contributed by atoms with Crippen LogP contribution in [0.3, 0.4) is 0 Å². The minimum Gasteiger partial charge on any atom is -0.481 e. The van der Waals surface area contributed by atoms with Crippen molar-refractivity contribution in [3.63, 3.8) is 0 Å². The van der Waals surface area contributed by atoms with Crippen molar-refractivity contribution < 1.29 is 14.7 Å². The molecule has 1 aliphatic rings. The van der Waals surface area contributed by atoms with Crippen LogP contribution >= 0.6 is 23.2 Å². The van der Waals surface area contributed by atoms with E-state index in [4.69, 9.17) is 23.2 Å². The van der Waals surface area contributed by atoms with E-state index >= 15 is 0 Å². The molecule has 1 saturated heterocycles. The minimum absolute atomic E-state index is 0.0952. The van der Waals surface area contributed by atoms with Crippen LogP contribution in [0.4, 0.5) is 0 Å². The van der Waals surface area contributed by atoms with Gasteiger partial charge in [-0.2, -0.15) is 0 Å². The van der Waals surface area contributed by atoms with Crippen LogP contribution in [0, 0.1) is 5.41 Å². The summed E-state index contributed by atoms with van der Waals surface area (Å²) in [5, 5.41) is 10.3. The first-order chi connectivity index (χ1) is 9.89. The number of hydrogen-bond donors (Lipinski definition) is 1. The fourth-order valence-corrected chi connectivity index (χ4v) is 3.20. The second-order valence-corrected chi connectivity index (χ2v) is 6.20. The molecule has 0 saturated carbocycles. The molecule has 1 amide bonds. The van der Waals surface area contributed by atoms with Gasteiger partial charge in [-0.25, -0.2) is 0 Å². The fraction of sp³-hybridized carbons (Fsp3) is 0.467. The van der Waals surface area contributed by atoms with Crippen molar-refractivity contribution in [1.82, 2.24) is 4.90 Å². The zero-order chi connectivity index (χ0) is 15.6. The Morgan fingerprint density at radius 3 is 2.43 bits per heavy atom. The highest BCUT2D eigenvalue weighted by Crippen LogP contribution is 2.35. The van der Waals surface area contributed by atoms with Gasteiger partial charge in [-0.05, 0) is 30.5 Å². The first kappa shape index (κ1) is 16.1. The van der Waals surface area contributed by atoms with Crippen molar-refractivity contribution in [1.29, 1.82) is 0 Å². The van der Waals surface area contributed by atoms with E-state index in [1.165, 1.54) is 0 Å². The van der Waals surface area contributed by atoms with Crippen LogP contribution in [0.1, 0.15) is 25.3 Å². The van der Waals surface area contributed by atoms with E-state index < -0.39 is 11.4 Å². The molecule has 1 unspecified atom stereocenters. The molecule has 1 atom stereocenters. The average molecular weight is 330 g/mol. The Hall–Kier alpha value is -1.26. The summed E-state index contributed by atoms with van der Waals surface area (Å²) in [4.78, 5) is 25.4. The van der Waals surface area contributed by atoms with E-state index in [1.807, 2.05) is 6.92 Å². The number of carbonyl (C=O) groups excluding carboxylic acids is 1. The van der Waals surface area contributed by atoms with Crippen molar-refractivity contribution in [3.8, 4) is 0 Å². The van der Waals surface area contributed by atoms with E-state index in [0.717, 1.165) is 0 Å². The molecule has 6 heteroatoms. The van der Waals surface area contributed by atoms with Gasteiger partial charge in [0, 0.05) is 23.1 Å². The molecule has 4 nitrogen and oxygen atoms in total. The summed E-state index contributed by atoms with van der Waals surface area (Å²) in [6.07, 6.45) is 1.09. The number of likely N-dealkylation sites (tertiary alicyclic amines) is 1. The summed E-state index contributed by atoms with van der Waals surface area (Å²) in [5.41, 5.74) is -0.227. The molecule has 1 aromatic carbocycles. The summed E-state index contributed by atoms with van der Waals surface area (Å²) in [5.74, 6) is -0.974. The largest absolute Gasteiger partial charge is 0.481 e. The Morgan fingerprint density at radius 1 is 1.33 bits per heavy atom. The first-order valence-corrected chi connectivity index (χ1v) is 7.59.